The van der Waals surface area contributed by atoms with Gasteiger partial charge < -0.3 is 15.1 Å². The van der Waals surface area contributed by atoms with Crippen molar-refractivity contribution in [3.63, 3.8) is 0 Å². The van der Waals surface area contributed by atoms with Crippen molar-refractivity contribution >= 4 is 11.9 Å². The molecule has 106 valence electrons. The van der Waals surface area contributed by atoms with E-state index in [4.69, 9.17) is 0 Å². The normalized spacial score (nSPS) is 25.5. The van der Waals surface area contributed by atoms with Crippen molar-refractivity contribution in [1.82, 2.24) is 15.1 Å². The molecule has 0 atom stereocenters. The van der Waals surface area contributed by atoms with Crippen LogP contribution in [-0.4, -0.2) is 59.9 Å². The lowest BCUT2D eigenvalue weighted by Gasteiger charge is -2.38. The van der Waals surface area contributed by atoms with Crippen molar-refractivity contribution in [3.05, 3.63) is 0 Å². The number of carbonyl (C=O) groups is 1. The number of carbonyl (C=O) groups excluding carboxylic acids is 1. The lowest BCUT2D eigenvalue weighted by Crippen LogP contribution is -2.57. The minimum absolute atomic E-state index is 0.271. The van der Waals surface area contributed by atoms with Gasteiger partial charge in [-0.15, -0.1) is 0 Å². The van der Waals surface area contributed by atoms with E-state index < -0.39 is 0 Å². The van der Waals surface area contributed by atoms with E-state index in [1.807, 2.05) is 6.92 Å². The van der Waals surface area contributed by atoms with Gasteiger partial charge in [0, 0.05) is 31.7 Å². The fourth-order valence-corrected chi connectivity index (χ4v) is 2.76. The monoisotopic (exact) mass is 264 g/mol. The first kappa shape index (κ1) is 12.8. The van der Waals surface area contributed by atoms with Crippen LogP contribution in [-0.2, 0) is 4.79 Å². The lowest BCUT2D eigenvalue weighted by atomic mass is 9.93. The highest BCUT2D eigenvalue weighted by Crippen LogP contribution is 2.28. The third-order valence-electron chi connectivity index (χ3n) is 4.29. The Hall–Kier alpha value is -1.26. The Bertz CT molecular complexity index is 374. The smallest absolute Gasteiger partial charge is 0.242 e. The summed E-state index contributed by atoms with van der Waals surface area (Å²) in [7, 11) is 0. The van der Waals surface area contributed by atoms with Gasteiger partial charge in [-0.1, -0.05) is 0 Å². The summed E-state index contributed by atoms with van der Waals surface area (Å²) in [5.41, 5.74) is 0. The number of hydrogen-bond donors (Lipinski definition) is 1. The highest BCUT2D eigenvalue weighted by Gasteiger charge is 2.36. The summed E-state index contributed by atoms with van der Waals surface area (Å²) in [5, 5.41) is 3.51. The van der Waals surface area contributed by atoms with Gasteiger partial charge >= 0.3 is 0 Å². The Labute approximate surface area is 115 Å². The van der Waals surface area contributed by atoms with Crippen molar-refractivity contribution in [2.45, 2.75) is 51.1 Å². The van der Waals surface area contributed by atoms with Crippen LogP contribution < -0.4 is 5.32 Å². The molecule has 3 rings (SSSR count). The molecule has 19 heavy (non-hydrogen) atoms. The molecule has 0 aromatic heterocycles. The van der Waals surface area contributed by atoms with E-state index >= 15 is 0 Å². The summed E-state index contributed by atoms with van der Waals surface area (Å²) >= 11 is 0. The molecule has 0 radical (unpaired) electrons. The van der Waals surface area contributed by atoms with E-state index in [9.17, 15) is 4.79 Å². The Balaban J connectivity index is 1.59. The van der Waals surface area contributed by atoms with E-state index in [1.165, 1.54) is 32.1 Å². The van der Waals surface area contributed by atoms with Crippen LogP contribution in [0.5, 0.6) is 0 Å². The summed E-state index contributed by atoms with van der Waals surface area (Å²) in [6.07, 6.45) is 6.17. The molecule has 3 aliphatic rings. The molecule has 0 unspecified atom stereocenters. The maximum atomic E-state index is 12.2. The largest absolute Gasteiger partial charge is 0.353 e. The fraction of sp³-hybridized carbons (Fsp3) is 0.857. The number of piperazine rings is 1. The topological polar surface area (TPSA) is 47.9 Å². The highest BCUT2D eigenvalue weighted by atomic mass is 16.2. The Morgan fingerprint density at radius 3 is 2.63 bits per heavy atom. The Morgan fingerprint density at radius 2 is 2.11 bits per heavy atom. The second kappa shape index (κ2) is 5.39. The van der Waals surface area contributed by atoms with Crippen LogP contribution in [0.1, 0.15) is 39.0 Å². The molecule has 0 spiro atoms. The molecule has 0 bridgehead atoms. The predicted molar refractivity (Wildman–Crippen MR) is 75.1 cm³/mol. The van der Waals surface area contributed by atoms with Crippen molar-refractivity contribution in [2.75, 3.05) is 26.2 Å². The average molecular weight is 264 g/mol. The molecule has 2 saturated carbocycles. The van der Waals surface area contributed by atoms with Gasteiger partial charge in [0.1, 0.15) is 0 Å². The van der Waals surface area contributed by atoms with E-state index in [-0.39, 0.29) is 5.91 Å². The minimum atomic E-state index is 0.271. The molecule has 5 heteroatoms. The quantitative estimate of drug-likeness (QED) is 0.606. The Morgan fingerprint density at radius 1 is 1.32 bits per heavy atom. The molecule has 5 nitrogen and oxygen atoms in total. The molecular formula is C14H24N4O. The van der Waals surface area contributed by atoms with Gasteiger partial charge in [-0.2, -0.15) is 0 Å². The third kappa shape index (κ3) is 2.85. The van der Waals surface area contributed by atoms with Gasteiger partial charge in [-0.3, -0.25) is 9.79 Å². The molecule has 0 aromatic carbocycles. The van der Waals surface area contributed by atoms with E-state index in [0.29, 0.717) is 18.6 Å². The zero-order chi connectivity index (χ0) is 13.2. The summed E-state index contributed by atoms with van der Waals surface area (Å²) in [6.45, 7) is 5.09. The van der Waals surface area contributed by atoms with Crippen LogP contribution in [0.4, 0.5) is 0 Å². The first-order valence-corrected chi connectivity index (χ1v) is 7.63. The van der Waals surface area contributed by atoms with E-state index in [2.05, 4.69) is 20.1 Å². The number of hydrogen-bond acceptors (Lipinski definition) is 2. The number of nitrogens with one attached hydrogen (secondary N) is 1. The molecule has 0 aromatic rings. The number of nitrogens with zero attached hydrogens (tertiary/aromatic N) is 3. The number of rotatable bonds is 3. The van der Waals surface area contributed by atoms with Crippen molar-refractivity contribution in [2.24, 2.45) is 4.99 Å². The summed E-state index contributed by atoms with van der Waals surface area (Å²) in [6, 6.07) is 1.11. The van der Waals surface area contributed by atoms with Crippen LogP contribution in [0, 0.1) is 0 Å². The van der Waals surface area contributed by atoms with Crippen molar-refractivity contribution in [1.29, 1.82) is 0 Å². The minimum Gasteiger partial charge on any atom is -0.353 e. The van der Waals surface area contributed by atoms with Gasteiger partial charge in [-0.05, 0) is 39.0 Å². The first-order valence-electron chi connectivity index (χ1n) is 7.63. The molecule has 1 heterocycles. The number of guanidine groups is 1. The summed E-state index contributed by atoms with van der Waals surface area (Å²) in [4.78, 5) is 20.9. The average Bonchev–Trinajstić information content (AvgIpc) is 3.16. The lowest BCUT2D eigenvalue weighted by molar-refractivity contribution is -0.135. The molecule has 2 aliphatic carbocycles. The Kier molecular flexibility index (Phi) is 3.62. The van der Waals surface area contributed by atoms with Gasteiger partial charge in [0.05, 0.1) is 6.54 Å². The van der Waals surface area contributed by atoms with Gasteiger partial charge in [-0.25, -0.2) is 0 Å². The SMILES string of the molecule is CCN=C(NC1CCC1)N1CCN(C2CC2)C(=O)C1. The van der Waals surface area contributed by atoms with Crippen molar-refractivity contribution < 1.29 is 4.79 Å². The zero-order valence-electron chi connectivity index (χ0n) is 11.8. The van der Waals surface area contributed by atoms with Gasteiger partial charge in [0.2, 0.25) is 5.91 Å². The predicted octanol–water partition coefficient (Wildman–Crippen LogP) is 0.811. The molecule has 1 amide bonds. The maximum Gasteiger partial charge on any atom is 0.242 e. The van der Waals surface area contributed by atoms with Crippen LogP contribution in [0.15, 0.2) is 4.99 Å². The molecule has 3 fully saturated rings. The van der Waals surface area contributed by atoms with Crippen LogP contribution in [0.2, 0.25) is 0 Å². The van der Waals surface area contributed by atoms with E-state index in [1.54, 1.807) is 0 Å². The molecule has 1 aliphatic heterocycles. The summed E-state index contributed by atoms with van der Waals surface area (Å²) < 4.78 is 0. The molecule has 1 N–H and O–H groups in total. The second-order valence-corrected chi connectivity index (χ2v) is 5.81. The van der Waals surface area contributed by atoms with Crippen LogP contribution >= 0.6 is 0 Å². The van der Waals surface area contributed by atoms with Crippen molar-refractivity contribution in [3.8, 4) is 0 Å². The highest BCUT2D eigenvalue weighted by molar-refractivity contribution is 5.88. The van der Waals surface area contributed by atoms with Gasteiger partial charge in [0.15, 0.2) is 5.96 Å². The molecule has 1 saturated heterocycles. The second-order valence-electron chi connectivity index (χ2n) is 5.81. The number of amides is 1. The molecular weight excluding hydrogens is 240 g/mol. The first-order chi connectivity index (χ1) is 9.28. The summed E-state index contributed by atoms with van der Waals surface area (Å²) in [5.74, 6) is 1.21. The third-order valence-corrected chi connectivity index (χ3v) is 4.29. The fourth-order valence-electron chi connectivity index (χ4n) is 2.76. The maximum absolute atomic E-state index is 12.2. The van der Waals surface area contributed by atoms with Crippen LogP contribution in [0.3, 0.4) is 0 Å². The van der Waals surface area contributed by atoms with Crippen LogP contribution in [0.25, 0.3) is 0 Å². The number of aliphatic imine (C=N–C) groups is 1. The zero-order valence-corrected chi connectivity index (χ0v) is 11.8. The standard InChI is InChI=1S/C14H24N4O/c1-2-15-14(16-11-4-3-5-11)17-8-9-18(12-6-7-12)13(19)10-17/h11-12H,2-10H2,1H3,(H,15,16). The van der Waals surface area contributed by atoms with Gasteiger partial charge in [0.25, 0.3) is 0 Å². The van der Waals surface area contributed by atoms with E-state index in [0.717, 1.165) is 25.6 Å².